The predicted octanol–water partition coefficient (Wildman–Crippen LogP) is 2.65. The van der Waals surface area contributed by atoms with Gasteiger partial charge in [-0.1, -0.05) is 32.0 Å². The molecular formula is C17H28N2O2. The molecule has 0 bridgehead atoms. The summed E-state index contributed by atoms with van der Waals surface area (Å²) in [7, 11) is 0. The first kappa shape index (κ1) is 17.5. The number of hydrogen-bond acceptors (Lipinski definition) is 3. The van der Waals surface area contributed by atoms with E-state index in [0.717, 1.165) is 24.2 Å². The fourth-order valence-electron chi connectivity index (χ4n) is 2.03. The van der Waals surface area contributed by atoms with Crippen LogP contribution in [0.1, 0.15) is 46.1 Å². The minimum absolute atomic E-state index is 0.0217. The highest BCUT2D eigenvalue weighted by atomic mass is 16.5. The normalized spacial score (nSPS) is 11.5. The third kappa shape index (κ3) is 5.76. The summed E-state index contributed by atoms with van der Waals surface area (Å²) in [4.78, 5) is 12.1. The third-order valence-corrected chi connectivity index (χ3v) is 3.73. The van der Waals surface area contributed by atoms with Gasteiger partial charge in [-0.2, -0.15) is 0 Å². The number of para-hydroxylation sites is 1. The SMILES string of the molecule is CCC(N)(CC)CNC(=O)Cc1ccccc1OC(C)C. The van der Waals surface area contributed by atoms with Gasteiger partial charge in [0.05, 0.1) is 12.5 Å². The highest BCUT2D eigenvalue weighted by Crippen LogP contribution is 2.20. The molecule has 0 aliphatic carbocycles. The van der Waals surface area contributed by atoms with E-state index in [-0.39, 0.29) is 17.6 Å². The Bertz CT molecular complexity index is 454. The van der Waals surface area contributed by atoms with Crippen LogP contribution in [-0.2, 0) is 11.2 Å². The van der Waals surface area contributed by atoms with Crippen molar-refractivity contribution in [2.24, 2.45) is 5.73 Å². The van der Waals surface area contributed by atoms with E-state index in [0.29, 0.717) is 13.0 Å². The zero-order chi connectivity index (χ0) is 15.9. The van der Waals surface area contributed by atoms with Crippen molar-refractivity contribution in [1.82, 2.24) is 5.32 Å². The molecule has 0 unspecified atom stereocenters. The molecule has 21 heavy (non-hydrogen) atoms. The van der Waals surface area contributed by atoms with Gasteiger partial charge in [0.25, 0.3) is 0 Å². The van der Waals surface area contributed by atoms with E-state index in [1.807, 2.05) is 52.0 Å². The molecule has 1 amide bonds. The van der Waals surface area contributed by atoms with Crippen LogP contribution in [0.5, 0.6) is 5.75 Å². The van der Waals surface area contributed by atoms with Crippen LogP contribution in [0.15, 0.2) is 24.3 Å². The topological polar surface area (TPSA) is 64.3 Å². The lowest BCUT2D eigenvalue weighted by Gasteiger charge is -2.26. The largest absolute Gasteiger partial charge is 0.491 e. The van der Waals surface area contributed by atoms with E-state index in [2.05, 4.69) is 5.32 Å². The fraction of sp³-hybridized carbons (Fsp3) is 0.588. The molecule has 4 heteroatoms. The van der Waals surface area contributed by atoms with Crippen LogP contribution in [0, 0.1) is 0 Å². The van der Waals surface area contributed by atoms with E-state index in [4.69, 9.17) is 10.5 Å². The molecule has 1 aromatic carbocycles. The van der Waals surface area contributed by atoms with E-state index >= 15 is 0 Å². The molecule has 0 saturated heterocycles. The maximum absolute atomic E-state index is 12.1. The Hall–Kier alpha value is -1.55. The van der Waals surface area contributed by atoms with Crippen molar-refractivity contribution >= 4 is 5.91 Å². The van der Waals surface area contributed by atoms with Crippen molar-refractivity contribution in [2.75, 3.05) is 6.54 Å². The molecule has 0 fully saturated rings. The van der Waals surface area contributed by atoms with E-state index in [1.54, 1.807) is 0 Å². The summed E-state index contributed by atoms with van der Waals surface area (Å²) < 4.78 is 5.73. The van der Waals surface area contributed by atoms with Crippen LogP contribution in [-0.4, -0.2) is 24.1 Å². The Balaban J connectivity index is 2.63. The number of carbonyl (C=O) groups excluding carboxylic acids is 1. The second kappa shape index (κ2) is 8.03. The van der Waals surface area contributed by atoms with Crippen LogP contribution in [0.3, 0.4) is 0 Å². The number of nitrogens with one attached hydrogen (secondary N) is 1. The molecule has 3 N–H and O–H groups in total. The highest BCUT2D eigenvalue weighted by molar-refractivity contribution is 5.79. The van der Waals surface area contributed by atoms with Crippen molar-refractivity contribution < 1.29 is 9.53 Å². The van der Waals surface area contributed by atoms with Gasteiger partial charge in [-0.25, -0.2) is 0 Å². The second-order valence-electron chi connectivity index (χ2n) is 5.80. The van der Waals surface area contributed by atoms with Crippen LogP contribution in [0.4, 0.5) is 0 Å². The van der Waals surface area contributed by atoms with Crippen LogP contribution in [0.2, 0.25) is 0 Å². The van der Waals surface area contributed by atoms with Crippen molar-refractivity contribution in [3.63, 3.8) is 0 Å². The summed E-state index contributed by atoms with van der Waals surface area (Å²) >= 11 is 0. The average Bonchev–Trinajstić information content (AvgIpc) is 2.46. The number of nitrogens with two attached hydrogens (primary N) is 1. The Kier molecular flexibility index (Phi) is 6.69. The minimum atomic E-state index is -0.316. The standard InChI is InChI=1S/C17H28N2O2/c1-5-17(18,6-2)12-19-16(20)11-14-9-7-8-10-15(14)21-13(3)4/h7-10,13H,5-6,11-12,18H2,1-4H3,(H,19,20). The lowest BCUT2D eigenvalue weighted by atomic mass is 9.94. The van der Waals surface area contributed by atoms with Gasteiger partial charge in [-0.15, -0.1) is 0 Å². The van der Waals surface area contributed by atoms with E-state index in [1.165, 1.54) is 0 Å². The number of hydrogen-bond donors (Lipinski definition) is 2. The number of rotatable bonds is 8. The maximum Gasteiger partial charge on any atom is 0.224 e. The zero-order valence-corrected chi connectivity index (χ0v) is 13.6. The van der Waals surface area contributed by atoms with E-state index in [9.17, 15) is 4.79 Å². The van der Waals surface area contributed by atoms with Gasteiger partial charge in [0.2, 0.25) is 5.91 Å². The minimum Gasteiger partial charge on any atom is -0.491 e. The molecule has 0 aliphatic rings. The molecule has 1 rings (SSSR count). The Morgan fingerprint density at radius 2 is 1.90 bits per heavy atom. The van der Waals surface area contributed by atoms with Gasteiger partial charge >= 0.3 is 0 Å². The molecule has 0 radical (unpaired) electrons. The van der Waals surface area contributed by atoms with Gasteiger partial charge in [0.15, 0.2) is 0 Å². The Morgan fingerprint density at radius 1 is 1.29 bits per heavy atom. The number of amides is 1. The van der Waals surface area contributed by atoms with Gasteiger partial charge in [0, 0.05) is 17.6 Å². The summed E-state index contributed by atoms with van der Waals surface area (Å²) in [5.41, 5.74) is 6.78. The fourth-order valence-corrected chi connectivity index (χ4v) is 2.03. The molecule has 0 aromatic heterocycles. The first-order valence-corrected chi connectivity index (χ1v) is 7.70. The van der Waals surface area contributed by atoms with Crippen LogP contribution >= 0.6 is 0 Å². The first-order valence-electron chi connectivity index (χ1n) is 7.70. The van der Waals surface area contributed by atoms with Crippen LogP contribution in [0.25, 0.3) is 0 Å². The number of carbonyl (C=O) groups is 1. The summed E-state index contributed by atoms with van der Waals surface area (Å²) in [6, 6.07) is 7.65. The van der Waals surface area contributed by atoms with Gasteiger partial charge in [0.1, 0.15) is 5.75 Å². The number of benzene rings is 1. The second-order valence-corrected chi connectivity index (χ2v) is 5.80. The average molecular weight is 292 g/mol. The quantitative estimate of drug-likeness (QED) is 0.774. The highest BCUT2D eigenvalue weighted by Gasteiger charge is 2.21. The summed E-state index contributed by atoms with van der Waals surface area (Å²) in [6.45, 7) is 8.54. The smallest absolute Gasteiger partial charge is 0.224 e. The van der Waals surface area contributed by atoms with Gasteiger partial charge < -0.3 is 15.8 Å². The first-order chi connectivity index (χ1) is 9.90. The predicted molar refractivity (Wildman–Crippen MR) is 86.4 cm³/mol. The van der Waals surface area contributed by atoms with Crippen molar-refractivity contribution in [3.8, 4) is 5.75 Å². The van der Waals surface area contributed by atoms with Crippen molar-refractivity contribution in [1.29, 1.82) is 0 Å². The summed E-state index contributed by atoms with van der Waals surface area (Å²) in [6.07, 6.45) is 2.09. The monoisotopic (exact) mass is 292 g/mol. The zero-order valence-electron chi connectivity index (χ0n) is 13.6. The molecule has 0 aliphatic heterocycles. The van der Waals surface area contributed by atoms with Crippen molar-refractivity contribution in [2.45, 2.75) is 58.6 Å². The Labute approximate surface area is 128 Å². The van der Waals surface area contributed by atoms with E-state index < -0.39 is 0 Å². The molecule has 0 atom stereocenters. The molecular weight excluding hydrogens is 264 g/mol. The number of ether oxygens (including phenoxy) is 1. The van der Waals surface area contributed by atoms with Crippen molar-refractivity contribution in [3.05, 3.63) is 29.8 Å². The molecule has 1 aromatic rings. The molecule has 0 spiro atoms. The maximum atomic E-state index is 12.1. The third-order valence-electron chi connectivity index (χ3n) is 3.73. The van der Waals surface area contributed by atoms with Gasteiger partial charge in [-0.05, 0) is 32.8 Å². The molecule has 0 heterocycles. The Morgan fingerprint density at radius 3 is 2.48 bits per heavy atom. The lowest BCUT2D eigenvalue weighted by molar-refractivity contribution is -0.120. The van der Waals surface area contributed by atoms with Gasteiger partial charge in [-0.3, -0.25) is 4.79 Å². The molecule has 118 valence electrons. The summed E-state index contributed by atoms with van der Waals surface area (Å²) in [5.74, 6) is 0.749. The lowest BCUT2D eigenvalue weighted by Crippen LogP contribution is -2.49. The molecule has 4 nitrogen and oxygen atoms in total. The van der Waals surface area contributed by atoms with Crippen LogP contribution < -0.4 is 15.8 Å². The summed E-state index contributed by atoms with van der Waals surface area (Å²) in [5, 5.41) is 2.93. The molecule has 0 saturated carbocycles.